The highest BCUT2D eigenvalue weighted by atomic mass is 19.1. The molecule has 0 unspecified atom stereocenters. The van der Waals surface area contributed by atoms with Crippen LogP contribution in [0.25, 0.3) is 0 Å². The van der Waals surface area contributed by atoms with E-state index in [0.29, 0.717) is 29.4 Å². The topological polar surface area (TPSA) is 52.6 Å². The molecule has 21 heavy (non-hydrogen) atoms. The van der Waals surface area contributed by atoms with Crippen LogP contribution in [0.3, 0.4) is 0 Å². The van der Waals surface area contributed by atoms with E-state index in [9.17, 15) is 14.0 Å². The molecule has 0 aliphatic heterocycles. The highest BCUT2D eigenvalue weighted by Gasteiger charge is 2.08. The Morgan fingerprint density at radius 2 is 1.62 bits per heavy atom. The molecule has 2 rings (SSSR count). The number of hydrogen-bond donors (Lipinski definition) is 0. The first-order chi connectivity index (χ1) is 10.2. The third-order valence-electron chi connectivity index (χ3n) is 2.92. The fourth-order valence-electron chi connectivity index (χ4n) is 1.85. The summed E-state index contributed by atoms with van der Waals surface area (Å²) in [6.45, 7) is 0.0439. The lowest BCUT2D eigenvalue weighted by molar-refractivity contribution is 0.111. The van der Waals surface area contributed by atoms with Gasteiger partial charge in [-0.1, -0.05) is 0 Å². The second kappa shape index (κ2) is 6.65. The van der Waals surface area contributed by atoms with E-state index < -0.39 is 5.82 Å². The molecule has 0 N–H and O–H groups in total. The van der Waals surface area contributed by atoms with Gasteiger partial charge in [0, 0.05) is 16.7 Å². The lowest BCUT2D eigenvalue weighted by atomic mass is 10.1. The molecule has 0 aliphatic rings. The molecule has 108 valence electrons. The Morgan fingerprint density at radius 1 is 1.00 bits per heavy atom. The Morgan fingerprint density at radius 3 is 2.19 bits per heavy atom. The van der Waals surface area contributed by atoms with E-state index in [1.54, 1.807) is 18.2 Å². The van der Waals surface area contributed by atoms with Crippen molar-refractivity contribution in [3.05, 3.63) is 58.9 Å². The van der Waals surface area contributed by atoms with Gasteiger partial charge in [0.1, 0.15) is 24.9 Å². The van der Waals surface area contributed by atoms with Crippen LogP contribution in [0.4, 0.5) is 4.39 Å². The van der Waals surface area contributed by atoms with Crippen LogP contribution in [0, 0.1) is 5.82 Å². The zero-order chi connectivity index (χ0) is 15.2. The second-order valence-electron chi connectivity index (χ2n) is 4.29. The summed E-state index contributed by atoms with van der Waals surface area (Å²) in [5, 5.41) is 0. The molecule has 0 bridgehead atoms. The Bertz CT molecular complexity index is 667. The molecule has 0 aliphatic carbocycles. The average molecular weight is 288 g/mol. The molecule has 2 aromatic carbocycles. The molecule has 5 heteroatoms. The summed E-state index contributed by atoms with van der Waals surface area (Å²) < 4.78 is 24.2. The maximum absolute atomic E-state index is 13.7. The first-order valence-corrected chi connectivity index (χ1v) is 6.17. The van der Waals surface area contributed by atoms with Crippen molar-refractivity contribution >= 4 is 12.6 Å². The van der Waals surface area contributed by atoms with E-state index in [0.717, 1.165) is 6.07 Å². The summed E-state index contributed by atoms with van der Waals surface area (Å²) in [5.74, 6) is -0.0465. The van der Waals surface area contributed by atoms with E-state index in [1.165, 1.54) is 19.2 Å². The first-order valence-electron chi connectivity index (χ1n) is 6.17. The van der Waals surface area contributed by atoms with Gasteiger partial charge in [-0.2, -0.15) is 0 Å². The molecular weight excluding hydrogens is 275 g/mol. The maximum Gasteiger partial charge on any atom is 0.165 e. The Hall–Kier alpha value is -2.69. The molecule has 0 atom stereocenters. The van der Waals surface area contributed by atoms with Gasteiger partial charge in [0.05, 0.1) is 7.11 Å². The monoisotopic (exact) mass is 288 g/mol. The number of aldehydes is 2. The van der Waals surface area contributed by atoms with Crippen molar-refractivity contribution in [3.63, 3.8) is 0 Å². The second-order valence-corrected chi connectivity index (χ2v) is 4.29. The molecule has 0 saturated carbocycles. The van der Waals surface area contributed by atoms with Crippen LogP contribution < -0.4 is 9.47 Å². The van der Waals surface area contributed by atoms with Crippen molar-refractivity contribution in [2.45, 2.75) is 6.61 Å². The molecule has 0 spiro atoms. The fraction of sp³-hybridized carbons (Fsp3) is 0.125. The van der Waals surface area contributed by atoms with Gasteiger partial charge in [-0.05, 0) is 36.4 Å². The summed E-state index contributed by atoms with van der Waals surface area (Å²) in [4.78, 5) is 21.3. The van der Waals surface area contributed by atoms with E-state index >= 15 is 0 Å². The molecule has 0 amide bonds. The van der Waals surface area contributed by atoms with Crippen LogP contribution in [0.2, 0.25) is 0 Å². The number of methoxy groups -OCH3 is 1. The van der Waals surface area contributed by atoms with Gasteiger partial charge < -0.3 is 9.47 Å². The number of halogens is 1. The predicted octanol–water partition coefficient (Wildman–Crippen LogP) is 3.04. The van der Waals surface area contributed by atoms with Gasteiger partial charge in [-0.3, -0.25) is 9.59 Å². The molecule has 0 radical (unpaired) electrons. The third-order valence-corrected chi connectivity index (χ3v) is 2.92. The number of benzene rings is 2. The molecule has 0 heterocycles. The normalized spacial score (nSPS) is 10.0. The highest BCUT2D eigenvalue weighted by molar-refractivity contribution is 5.76. The van der Waals surface area contributed by atoms with Crippen molar-refractivity contribution in [1.29, 1.82) is 0 Å². The summed E-state index contributed by atoms with van der Waals surface area (Å²) in [5.41, 5.74) is 1.34. The highest BCUT2D eigenvalue weighted by Crippen LogP contribution is 2.23. The minimum atomic E-state index is -0.620. The predicted molar refractivity (Wildman–Crippen MR) is 74.5 cm³/mol. The van der Waals surface area contributed by atoms with Crippen molar-refractivity contribution < 1.29 is 23.5 Å². The average Bonchev–Trinajstić information content (AvgIpc) is 2.53. The number of ether oxygens (including phenoxy) is 2. The molecule has 2 aromatic rings. The van der Waals surface area contributed by atoms with Crippen molar-refractivity contribution in [2.24, 2.45) is 0 Å². The van der Waals surface area contributed by atoms with E-state index in [-0.39, 0.29) is 17.9 Å². The van der Waals surface area contributed by atoms with Crippen LogP contribution in [0.15, 0.2) is 36.4 Å². The van der Waals surface area contributed by atoms with Gasteiger partial charge in [0.15, 0.2) is 11.6 Å². The molecule has 0 fully saturated rings. The molecule has 0 saturated heterocycles. The van der Waals surface area contributed by atoms with Crippen LogP contribution in [-0.2, 0) is 6.61 Å². The van der Waals surface area contributed by atoms with Crippen LogP contribution in [0.5, 0.6) is 11.5 Å². The summed E-state index contributed by atoms with van der Waals surface area (Å²) >= 11 is 0. The van der Waals surface area contributed by atoms with Gasteiger partial charge in [-0.15, -0.1) is 0 Å². The van der Waals surface area contributed by atoms with Crippen molar-refractivity contribution in [1.82, 2.24) is 0 Å². The SMILES string of the molecule is COc1ccc(C=O)cc1COc1ccc(C=O)cc1F. The van der Waals surface area contributed by atoms with Crippen LogP contribution >= 0.6 is 0 Å². The lowest BCUT2D eigenvalue weighted by Crippen LogP contribution is -2.01. The van der Waals surface area contributed by atoms with E-state index in [1.807, 2.05) is 0 Å². The van der Waals surface area contributed by atoms with Gasteiger partial charge >= 0.3 is 0 Å². The van der Waals surface area contributed by atoms with E-state index in [4.69, 9.17) is 9.47 Å². The number of hydrogen-bond acceptors (Lipinski definition) is 4. The van der Waals surface area contributed by atoms with E-state index in [2.05, 4.69) is 0 Å². The zero-order valence-electron chi connectivity index (χ0n) is 11.3. The number of carbonyl (C=O) groups is 2. The quantitative estimate of drug-likeness (QED) is 0.767. The Labute approximate surface area is 121 Å². The number of carbonyl (C=O) groups excluding carboxylic acids is 2. The first kappa shape index (κ1) is 14.7. The molecular formula is C16H13FO4. The smallest absolute Gasteiger partial charge is 0.165 e. The van der Waals surface area contributed by atoms with Gasteiger partial charge in [0.2, 0.25) is 0 Å². The largest absolute Gasteiger partial charge is 0.496 e. The number of rotatable bonds is 6. The summed E-state index contributed by atoms with van der Waals surface area (Å²) in [6.07, 6.45) is 1.27. The minimum absolute atomic E-state index is 0.0270. The van der Waals surface area contributed by atoms with Crippen molar-refractivity contribution in [2.75, 3.05) is 7.11 Å². The molecule has 4 nitrogen and oxygen atoms in total. The van der Waals surface area contributed by atoms with Gasteiger partial charge in [-0.25, -0.2) is 4.39 Å². The standard InChI is InChI=1S/C16H13FO4/c1-20-15-4-2-11(8-18)6-13(15)10-21-16-5-3-12(9-19)7-14(16)17/h2-9H,10H2,1H3. The van der Waals surface area contributed by atoms with Crippen molar-refractivity contribution in [3.8, 4) is 11.5 Å². The fourth-order valence-corrected chi connectivity index (χ4v) is 1.85. The summed E-state index contributed by atoms with van der Waals surface area (Å²) in [6, 6.07) is 8.83. The van der Waals surface area contributed by atoms with Crippen LogP contribution in [-0.4, -0.2) is 19.7 Å². The Balaban J connectivity index is 2.19. The maximum atomic E-state index is 13.7. The van der Waals surface area contributed by atoms with Gasteiger partial charge in [0.25, 0.3) is 0 Å². The van der Waals surface area contributed by atoms with Crippen LogP contribution in [0.1, 0.15) is 26.3 Å². The third kappa shape index (κ3) is 3.45. The lowest BCUT2D eigenvalue weighted by Gasteiger charge is -2.11. The minimum Gasteiger partial charge on any atom is -0.496 e. The Kier molecular flexibility index (Phi) is 4.66. The summed E-state index contributed by atoms with van der Waals surface area (Å²) in [7, 11) is 1.50. The molecule has 0 aromatic heterocycles. The zero-order valence-corrected chi connectivity index (χ0v) is 11.3.